The van der Waals surface area contributed by atoms with Crippen LogP contribution < -0.4 is 10.6 Å². The number of carbonyl (C=O) groups is 1. The Morgan fingerprint density at radius 3 is 2.33 bits per heavy atom. The molecule has 6 heteroatoms. The lowest BCUT2D eigenvalue weighted by Crippen LogP contribution is -2.48. The molecule has 27 heavy (non-hydrogen) atoms. The normalized spacial score (nSPS) is 20.0. The van der Waals surface area contributed by atoms with Gasteiger partial charge in [-0.2, -0.15) is 0 Å². The SMILES string of the molecule is CN(C)Cc1ccc(CN[C@@H]2CCC(=O)N[C@H]2c2cc(F)cc(F)c2)cc1. The second kappa shape index (κ2) is 8.59. The third-order valence-corrected chi connectivity index (χ3v) is 4.74. The van der Waals surface area contributed by atoms with E-state index in [1.165, 1.54) is 17.7 Å². The zero-order valence-corrected chi connectivity index (χ0v) is 15.6. The molecule has 0 bridgehead atoms. The molecule has 1 heterocycles. The molecule has 144 valence electrons. The van der Waals surface area contributed by atoms with Gasteiger partial charge in [0.05, 0.1) is 6.04 Å². The van der Waals surface area contributed by atoms with Crippen molar-refractivity contribution in [3.8, 4) is 0 Å². The fourth-order valence-corrected chi connectivity index (χ4v) is 3.47. The minimum atomic E-state index is -0.639. The minimum absolute atomic E-state index is 0.0923. The number of hydrogen-bond acceptors (Lipinski definition) is 3. The Bertz CT molecular complexity index is 772. The molecule has 0 spiro atoms. The highest BCUT2D eigenvalue weighted by Crippen LogP contribution is 2.26. The van der Waals surface area contributed by atoms with Crippen LogP contribution in [-0.2, 0) is 17.9 Å². The van der Waals surface area contributed by atoms with E-state index < -0.39 is 17.7 Å². The van der Waals surface area contributed by atoms with E-state index in [4.69, 9.17) is 0 Å². The fourth-order valence-electron chi connectivity index (χ4n) is 3.47. The number of nitrogens with zero attached hydrogens (tertiary/aromatic N) is 1. The summed E-state index contributed by atoms with van der Waals surface area (Å²) in [5, 5.41) is 6.30. The highest BCUT2D eigenvalue weighted by Gasteiger charge is 2.30. The summed E-state index contributed by atoms with van der Waals surface area (Å²) >= 11 is 0. The Balaban J connectivity index is 1.69. The molecule has 0 unspecified atom stereocenters. The predicted octanol–water partition coefficient (Wildman–Crippen LogP) is 3.14. The molecule has 1 amide bonds. The molecule has 1 aliphatic heterocycles. The van der Waals surface area contributed by atoms with Gasteiger partial charge in [0.25, 0.3) is 0 Å². The van der Waals surface area contributed by atoms with Crippen LogP contribution in [0.5, 0.6) is 0 Å². The number of halogens is 2. The van der Waals surface area contributed by atoms with Crippen molar-refractivity contribution in [2.45, 2.75) is 38.0 Å². The first-order chi connectivity index (χ1) is 12.9. The summed E-state index contributed by atoms with van der Waals surface area (Å²) in [6, 6.07) is 11.2. The van der Waals surface area contributed by atoms with Crippen molar-refractivity contribution in [3.05, 3.63) is 70.8 Å². The van der Waals surface area contributed by atoms with Crippen molar-refractivity contribution in [3.63, 3.8) is 0 Å². The molecule has 2 aromatic carbocycles. The van der Waals surface area contributed by atoms with Crippen LogP contribution in [0.2, 0.25) is 0 Å². The van der Waals surface area contributed by atoms with Crippen LogP contribution in [-0.4, -0.2) is 30.9 Å². The van der Waals surface area contributed by atoms with Crippen molar-refractivity contribution in [1.82, 2.24) is 15.5 Å². The van der Waals surface area contributed by atoms with Gasteiger partial charge in [0.15, 0.2) is 0 Å². The van der Waals surface area contributed by atoms with E-state index in [0.29, 0.717) is 24.9 Å². The molecular weight excluding hydrogens is 348 g/mol. The summed E-state index contributed by atoms with van der Waals surface area (Å²) in [5.41, 5.74) is 2.81. The maximum absolute atomic E-state index is 13.6. The van der Waals surface area contributed by atoms with Crippen LogP contribution in [0.25, 0.3) is 0 Å². The summed E-state index contributed by atoms with van der Waals surface area (Å²) in [4.78, 5) is 13.9. The van der Waals surface area contributed by atoms with Crippen molar-refractivity contribution in [2.24, 2.45) is 0 Å². The summed E-state index contributed by atoms with van der Waals surface area (Å²) in [5.74, 6) is -1.38. The summed E-state index contributed by atoms with van der Waals surface area (Å²) in [6.07, 6.45) is 1.01. The molecule has 2 aromatic rings. The first-order valence-corrected chi connectivity index (χ1v) is 9.12. The van der Waals surface area contributed by atoms with E-state index in [9.17, 15) is 13.6 Å². The third kappa shape index (κ3) is 5.34. The van der Waals surface area contributed by atoms with Gasteiger partial charge >= 0.3 is 0 Å². The lowest BCUT2D eigenvalue weighted by atomic mass is 9.91. The van der Waals surface area contributed by atoms with Gasteiger partial charge in [-0.25, -0.2) is 8.78 Å². The number of carbonyl (C=O) groups excluding carboxylic acids is 1. The average molecular weight is 373 g/mol. The molecule has 1 saturated heterocycles. The van der Waals surface area contributed by atoms with E-state index in [1.807, 2.05) is 14.1 Å². The molecule has 0 aliphatic carbocycles. The Kier molecular flexibility index (Phi) is 6.19. The maximum Gasteiger partial charge on any atom is 0.220 e. The topological polar surface area (TPSA) is 44.4 Å². The summed E-state index contributed by atoms with van der Waals surface area (Å²) < 4.78 is 27.2. The lowest BCUT2D eigenvalue weighted by Gasteiger charge is -2.33. The van der Waals surface area contributed by atoms with Crippen LogP contribution in [0.15, 0.2) is 42.5 Å². The van der Waals surface area contributed by atoms with Gasteiger partial charge in [-0.05, 0) is 49.3 Å². The molecule has 2 atom stereocenters. The van der Waals surface area contributed by atoms with Crippen LogP contribution >= 0.6 is 0 Å². The molecule has 1 fully saturated rings. The molecule has 0 aromatic heterocycles. The number of hydrogen-bond donors (Lipinski definition) is 2. The number of amides is 1. The zero-order valence-electron chi connectivity index (χ0n) is 15.6. The molecule has 4 nitrogen and oxygen atoms in total. The Morgan fingerprint density at radius 2 is 1.70 bits per heavy atom. The average Bonchev–Trinajstić information content (AvgIpc) is 2.60. The molecule has 3 rings (SSSR count). The smallest absolute Gasteiger partial charge is 0.220 e. The summed E-state index contributed by atoms with van der Waals surface area (Å²) in [7, 11) is 4.06. The Labute approximate surface area is 158 Å². The second-order valence-electron chi connectivity index (χ2n) is 7.33. The van der Waals surface area contributed by atoms with E-state index in [1.54, 1.807) is 0 Å². The predicted molar refractivity (Wildman–Crippen MR) is 101 cm³/mol. The van der Waals surface area contributed by atoms with Crippen molar-refractivity contribution in [1.29, 1.82) is 0 Å². The van der Waals surface area contributed by atoms with E-state index in [0.717, 1.165) is 18.2 Å². The van der Waals surface area contributed by atoms with Crippen LogP contribution in [0.4, 0.5) is 8.78 Å². The first kappa shape index (κ1) is 19.5. The van der Waals surface area contributed by atoms with Crippen molar-refractivity contribution in [2.75, 3.05) is 14.1 Å². The molecule has 0 saturated carbocycles. The highest BCUT2D eigenvalue weighted by atomic mass is 19.1. The fraction of sp³-hybridized carbons (Fsp3) is 0.381. The van der Waals surface area contributed by atoms with Crippen LogP contribution in [0.1, 0.15) is 35.6 Å². The largest absolute Gasteiger partial charge is 0.348 e. The zero-order chi connectivity index (χ0) is 19.4. The van der Waals surface area contributed by atoms with Gasteiger partial charge in [-0.15, -0.1) is 0 Å². The van der Waals surface area contributed by atoms with E-state index >= 15 is 0 Å². The van der Waals surface area contributed by atoms with E-state index in [2.05, 4.69) is 39.8 Å². The molecular formula is C21H25F2N3O. The van der Waals surface area contributed by atoms with Gasteiger partial charge in [-0.3, -0.25) is 4.79 Å². The molecule has 1 aliphatic rings. The van der Waals surface area contributed by atoms with E-state index in [-0.39, 0.29) is 11.9 Å². The number of piperidine rings is 1. The molecule has 0 radical (unpaired) electrons. The Morgan fingerprint density at radius 1 is 1.07 bits per heavy atom. The van der Waals surface area contributed by atoms with Gasteiger partial charge in [-0.1, -0.05) is 24.3 Å². The highest BCUT2D eigenvalue weighted by molar-refractivity contribution is 5.77. The minimum Gasteiger partial charge on any atom is -0.348 e. The van der Waals surface area contributed by atoms with Gasteiger partial charge in [0.2, 0.25) is 5.91 Å². The van der Waals surface area contributed by atoms with Crippen molar-refractivity contribution < 1.29 is 13.6 Å². The number of benzene rings is 2. The Hall–Kier alpha value is -2.31. The van der Waals surface area contributed by atoms with Crippen LogP contribution in [0, 0.1) is 11.6 Å². The summed E-state index contributed by atoms with van der Waals surface area (Å²) in [6.45, 7) is 1.51. The third-order valence-electron chi connectivity index (χ3n) is 4.74. The number of rotatable bonds is 6. The molecule has 2 N–H and O–H groups in total. The van der Waals surface area contributed by atoms with Gasteiger partial charge < -0.3 is 15.5 Å². The second-order valence-corrected chi connectivity index (χ2v) is 7.33. The lowest BCUT2D eigenvalue weighted by molar-refractivity contribution is -0.123. The standard InChI is InChI=1S/C21H25F2N3O/c1-26(2)13-15-5-3-14(4-6-15)12-24-19-7-8-20(27)25-21(19)16-9-17(22)11-18(23)10-16/h3-6,9-11,19,21,24H,7-8,12-13H2,1-2H3,(H,25,27)/t19-,21+/m1/s1. The van der Waals surface area contributed by atoms with Crippen LogP contribution in [0.3, 0.4) is 0 Å². The number of nitrogens with one attached hydrogen (secondary N) is 2. The van der Waals surface area contributed by atoms with Gasteiger partial charge in [0.1, 0.15) is 11.6 Å². The van der Waals surface area contributed by atoms with Crippen molar-refractivity contribution >= 4 is 5.91 Å². The van der Waals surface area contributed by atoms with Gasteiger partial charge in [0, 0.05) is 31.6 Å². The monoisotopic (exact) mass is 373 g/mol. The quantitative estimate of drug-likeness (QED) is 0.818. The first-order valence-electron chi connectivity index (χ1n) is 9.12. The maximum atomic E-state index is 13.6.